The molecule has 0 unspecified atom stereocenters. The molecule has 0 radical (unpaired) electrons. The Morgan fingerprint density at radius 3 is 2.82 bits per heavy atom. The number of aliphatic hydroxyl groups is 1. The Morgan fingerprint density at radius 1 is 1.09 bits per heavy atom. The Morgan fingerprint density at radius 2 is 1.97 bits per heavy atom. The molecule has 2 aliphatic carbocycles. The van der Waals surface area contributed by atoms with Gasteiger partial charge in [-0.2, -0.15) is 0 Å². The Kier molecular flexibility index (Phi) is 5.51. The first kappa shape index (κ1) is 21.3. The number of nitrogens with one attached hydrogen (secondary N) is 1. The second-order valence-electron chi connectivity index (χ2n) is 10.0. The predicted octanol–water partition coefficient (Wildman–Crippen LogP) is 4.46. The minimum atomic E-state index is -0.919. The number of rotatable bonds is 6. The molecule has 1 aromatic heterocycles. The Hall–Kier alpha value is -2.22. The number of methoxy groups -OCH3 is 1. The topological polar surface area (TPSA) is 85.7 Å². The largest absolute Gasteiger partial charge is 0.467 e. The van der Waals surface area contributed by atoms with E-state index in [2.05, 4.69) is 22.5 Å². The van der Waals surface area contributed by atoms with Gasteiger partial charge in [-0.3, -0.25) is 0 Å². The standard InChI is InChI=1S/C26H33N3O4/c1-31-15-32-24-18-7-5-6-16(18)8-10-19(24)23-20-14-17-9-11-21(33-17)22(20)25(29-28-23)27-26(30)12-3-2-4-13-26/h8,10,17,21,30H,2-7,9,11-15H2,1H3,(H,27,29)/t17-,21+/m0/s1. The summed E-state index contributed by atoms with van der Waals surface area (Å²) >= 11 is 0. The average Bonchev–Trinajstić information content (AvgIpc) is 3.45. The molecule has 0 amide bonds. The number of nitrogens with zero attached hydrogens (tertiary/aromatic N) is 2. The van der Waals surface area contributed by atoms with Crippen molar-refractivity contribution in [2.75, 3.05) is 19.2 Å². The summed E-state index contributed by atoms with van der Waals surface area (Å²) in [6.45, 7) is 0.208. The number of hydrogen-bond donors (Lipinski definition) is 2. The second-order valence-corrected chi connectivity index (χ2v) is 10.0. The minimum Gasteiger partial charge on any atom is -0.467 e. The molecule has 6 rings (SSSR count). The second kappa shape index (κ2) is 8.53. The van der Waals surface area contributed by atoms with Crippen molar-refractivity contribution < 1.29 is 19.3 Å². The maximum absolute atomic E-state index is 11.2. The molecule has 4 aliphatic rings. The third-order valence-electron chi connectivity index (χ3n) is 7.82. The van der Waals surface area contributed by atoms with Gasteiger partial charge in [-0.1, -0.05) is 12.5 Å². The number of hydrogen-bond acceptors (Lipinski definition) is 7. The zero-order valence-corrected chi connectivity index (χ0v) is 19.4. The zero-order chi connectivity index (χ0) is 22.4. The van der Waals surface area contributed by atoms with E-state index in [-0.39, 0.29) is 19.0 Å². The molecule has 0 spiro atoms. The molecular weight excluding hydrogens is 418 g/mol. The van der Waals surface area contributed by atoms with E-state index < -0.39 is 5.72 Å². The fraction of sp³-hybridized carbons (Fsp3) is 0.615. The lowest BCUT2D eigenvalue weighted by molar-refractivity contribution is 0.0256. The minimum absolute atomic E-state index is 0.000427. The maximum Gasteiger partial charge on any atom is 0.188 e. The van der Waals surface area contributed by atoms with E-state index in [1.807, 2.05) is 0 Å². The Labute approximate surface area is 194 Å². The van der Waals surface area contributed by atoms with Crippen molar-refractivity contribution in [3.05, 3.63) is 34.4 Å². The van der Waals surface area contributed by atoms with Gasteiger partial charge in [0.25, 0.3) is 0 Å². The first-order valence-electron chi connectivity index (χ1n) is 12.5. The summed E-state index contributed by atoms with van der Waals surface area (Å²) < 4.78 is 17.7. The van der Waals surface area contributed by atoms with Crippen molar-refractivity contribution in [3.8, 4) is 17.0 Å². The number of aromatic nitrogens is 2. The summed E-state index contributed by atoms with van der Waals surface area (Å²) in [5.41, 5.74) is 5.84. The van der Waals surface area contributed by atoms with Crippen LogP contribution in [0.5, 0.6) is 5.75 Å². The van der Waals surface area contributed by atoms with Gasteiger partial charge in [-0.15, -0.1) is 10.2 Å². The molecule has 2 fully saturated rings. The summed E-state index contributed by atoms with van der Waals surface area (Å²) in [6, 6.07) is 4.36. The van der Waals surface area contributed by atoms with Crippen LogP contribution in [0.25, 0.3) is 11.3 Å². The first-order chi connectivity index (χ1) is 16.1. The highest BCUT2D eigenvalue weighted by Gasteiger charge is 2.40. The lowest BCUT2D eigenvalue weighted by Crippen LogP contribution is -2.41. The molecule has 7 nitrogen and oxygen atoms in total. The van der Waals surface area contributed by atoms with Crippen molar-refractivity contribution in [3.63, 3.8) is 0 Å². The molecular formula is C26H33N3O4. The lowest BCUT2D eigenvalue weighted by atomic mass is 9.90. The van der Waals surface area contributed by atoms with Crippen molar-refractivity contribution in [1.82, 2.24) is 10.2 Å². The van der Waals surface area contributed by atoms with E-state index >= 15 is 0 Å². The van der Waals surface area contributed by atoms with Crippen LogP contribution in [0.2, 0.25) is 0 Å². The first-order valence-corrected chi connectivity index (χ1v) is 12.5. The molecule has 1 aromatic carbocycles. The van der Waals surface area contributed by atoms with Gasteiger partial charge in [0.1, 0.15) is 17.2 Å². The van der Waals surface area contributed by atoms with Crippen LogP contribution < -0.4 is 10.1 Å². The molecule has 3 heterocycles. The van der Waals surface area contributed by atoms with Crippen LogP contribution in [-0.2, 0) is 28.7 Å². The smallest absolute Gasteiger partial charge is 0.188 e. The van der Waals surface area contributed by atoms with Crippen LogP contribution in [0, 0.1) is 0 Å². The Balaban J connectivity index is 1.46. The SMILES string of the molecule is COCOc1c(-c2nnc(NC3(O)CCCCC3)c3c2C[C@@H]2CC[C@H]3O2)ccc2c1CCC2. The van der Waals surface area contributed by atoms with E-state index in [4.69, 9.17) is 19.3 Å². The highest BCUT2D eigenvalue weighted by molar-refractivity contribution is 5.76. The molecule has 176 valence electrons. The summed E-state index contributed by atoms with van der Waals surface area (Å²) in [5.74, 6) is 1.57. The summed E-state index contributed by atoms with van der Waals surface area (Å²) in [5, 5.41) is 24.0. The predicted molar refractivity (Wildman–Crippen MR) is 124 cm³/mol. The Bertz CT molecular complexity index is 1050. The van der Waals surface area contributed by atoms with Gasteiger partial charge in [0, 0.05) is 24.7 Å². The summed E-state index contributed by atoms with van der Waals surface area (Å²) in [7, 11) is 1.65. The van der Waals surface area contributed by atoms with Crippen LogP contribution in [0.3, 0.4) is 0 Å². The molecule has 2 aromatic rings. The number of benzene rings is 1. The highest BCUT2D eigenvalue weighted by Crippen LogP contribution is 2.49. The monoisotopic (exact) mass is 451 g/mol. The van der Waals surface area contributed by atoms with Crippen molar-refractivity contribution in [2.45, 2.75) is 88.6 Å². The van der Waals surface area contributed by atoms with E-state index in [9.17, 15) is 5.11 Å². The zero-order valence-electron chi connectivity index (χ0n) is 19.4. The van der Waals surface area contributed by atoms with Crippen LogP contribution in [-0.4, -0.2) is 41.0 Å². The highest BCUT2D eigenvalue weighted by atomic mass is 16.7. The molecule has 33 heavy (non-hydrogen) atoms. The molecule has 2 atom stereocenters. The third-order valence-corrected chi connectivity index (χ3v) is 7.82. The molecule has 2 bridgehead atoms. The van der Waals surface area contributed by atoms with E-state index in [1.54, 1.807) is 7.11 Å². The van der Waals surface area contributed by atoms with Gasteiger partial charge < -0.3 is 24.6 Å². The fourth-order valence-electron chi connectivity index (χ4n) is 6.23. The quantitative estimate of drug-likeness (QED) is 0.627. The van der Waals surface area contributed by atoms with Crippen molar-refractivity contribution in [1.29, 1.82) is 0 Å². The molecule has 1 saturated carbocycles. The van der Waals surface area contributed by atoms with Crippen LogP contribution in [0.4, 0.5) is 5.82 Å². The number of fused-ring (bicyclic) bond motifs is 5. The third kappa shape index (κ3) is 3.80. The van der Waals surface area contributed by atoms with Gasteiger partial charge >= 0.3 is 0 Å². The van der Waals surface area contributed by atoms with Gasteiger partial charge in [-0.25, -0.2) is 0 Å². The van der Waals surface area contributed by atoms with E-state index in [0.717, 1.165) is 86.8 Å². The van der Waals surface area contributed by atoms with Crippen molar-refractivity contribution in [2.24, 2.45) is 0 Å². The summed E-state index contributed by atoms with van der Waals surface area (Å²) in [6.07, 6.45) is 11.0. The average molecular weight is 452 g/mol. The van der Waals surface area contributed by atoms with Gasteiger partial charge in [0.15, 0.2) is 12.6 Å². The van der Waals surface area contributed by atoms with Crippen LogP contribution >= 0.6 is 0 Å². The fourth-order valence-corrected chi connectivity index (χ4v) is 6.23. The maximum atomic E-state index is 11.2. The van der Waals surface area contributed by atoms with E-state index in [0.29, 0.717) is 5.82 Å². The summed E-state index contributed by atoms with van der Waals surface area (Å²) in [4.78, 5) is 0. The van der Waals surface area contributed by atoms with Gasteiger partial charge in [0.2, 0.25) is 0 Å². The number of ether oxygens (including phenoxy) is 3. The molecule has 2 aliphatic heterocycles. The van der Waals surface area contributed by atoms with Crippen LogP contribution in [0.15, 0.2) is 12.1 Å². The number of anilines is 1. The molecule has 2 N–H and O–H groups in total. The van der Waals surface area contributed by atoms with E-state index in [1.165, 1.54) is 23.1 Å². The van der Waals surface area contributed by atoms with Crippen LogP contribution in [0.1, 0.15) is 79.7 Å². The van der Waals surface area contributed by atoms with Gasteiger partial charge in [-0.05, 0) is 80.5 Å². The lowest BCUT2D eigenvalue weighted by Gasteiger charge is -2.35. The molecule has 7 heteroatoms. The molecule has 1 saturated heterocycles. The van der Waals surface area contributed by atoms with Crippen molar-refractivity contribution >= 4 is 5.82 Å². The normalized spacial score (nSPS) is 24.9. The number of aryl methyl sites for hydroxylation is 1. The van der Waals surface area contributed by atoms with Gasteiger partial charge in [0.05, 0.1) is 12.2 Å².